The Hall–Kier alpha value is -1.06. The Labute approximate surface area is 116 Å². The summed E-state index contributed by atoms with van der Waals surface area (Å²) in [6.07, 6.45) is 0. The fraction of sp³-hybridized carbons (Fsp3) is 0.385. The van der Waals surface area contributed by atoms with Crippen molar-refractivity contribution < 1.29 is 14.3 Å². The molecule has 1 rings (SSSR count). The van der Waals surface area contributed by atoms with Gasteiger partial charge in [-0.25, -0.2) is 4.79 Å². The van der Waals surface area contributed by atoms with Crippen molar-refractivity contribution >= 4 is 35.0 Å². The molecule has 0 spiro atoms. The van der Waals surface area contributed by atoms with Crippen molar-refractivity contribution in [3.05, 3.63) is 34.9 Å². The number of carbonyl (C=O) groups excluding carboxylic acids is 2. The van der Waals surface area contributed by atoms with Crippen LogP contribution in [0.1, 0.15) is 40.7 Å². The van der Waals surface area contributed by atoms with Gasteiger partial charge in [-0.05, 0) is 31.0 Å². The van der Waals surface area contributed by atoms with E-state index in [0.29, 0.717) is 23.3 Å². The van der Waals surface area contributed by atoms with E-state index in [1.54, 1.807) is 25.1 Å². The van der Waals surface area contributed by atoms with Gasteiger partial charge in [-0.2, -0.15) is 0 Å². The Morgan fingerprint density at radius 1 is 1.39 bits per heavy atom. The fourth-order valence-electron chi connectivity index (χ4n) is 1.52. The van der Waals surface area contributed by atoms with Gasteiger partial charge in [0.15, 0.2) is 5.78 Å². The van der Waals surface area contributed by atoms with Crippen molar-refractivity contribution in [2.75, 3.05) is 6.61 Å². The van der Waals surface area contributed by atoms with Crippen LogP contribution in [0.4, 0.5) is 0 Å². The number of Topliss-reactive ketones (excluding diaryl/α,β-unsaturated/α-hetero) is 1. The van der Waals surface area contributed by atoms with E-state index in [1.165, 1.54) is 6.92 Å². The third kappa shape index (κ3) is 3.47. The van der Waals surface area contributed by atoms with Crippen LogP contribution >= 0.6 is 23.2 Å². The maximum Gasteiger partial charge on any atom is 0.338 e. The van der Waals surface area contributed by atoms with Gasteiger partial charge in [0.25, 0.3) is 0 Å². The molecule has 0 amide bonds. The molecule has 0 saturated heterocycles. The summed E-state index contributed by atoms with van der Waals surface area (Å²) in [5.41, 5.74) is 1.65. The molecule has 18 heavy (non-hydrogen) atoms. The molecule has 0 bridgehead atoms. The second-order valence-corrected chi connectivity index (χ2v) is 4.45. The number of benzene rings is 1. The van der Waals surface area contributed by atoms with Crippen LogP contribution in [-0.2, 0) is 15.4 Å². The van der Waals surface area contributed by atoms with E-state index in [-0.39, 0.29) is 11.7 Å². The van der Waals surface area contributed by atoms with E-state index in [9.17, 15) is 9.59 Å². The average Bonchev–Trinajstić information content (AvgIpc) is 2.37. The maximum atomic E-state index is 11.7. The molecule has 0 aliphatic carbocycles. The third-order valence-corrected chi connectivity index (χ3v) is 3.27. The Balaban J connectivity index is 3.11. The Morgan fingerprint density at radius 3 is 2.56 bits per heavy atom. The smallest absolute Gasteiger partial charge is 0.338 e. The number of ketones is 1. The lowest BCUT2D eigenvalue weighted by atomic mass is 10.0. The summed E-state index contributed by atoms with van der Waals surface area (Å²) in [4.78, 5) is 22.9. The monoisotopic (exact) mass is 288 g/mol. The van der Waals surface area contributed by atoms with E-state index in [0.717, 1.165) is 0 Å². The lowest BCUT2D eigenvalue weighted by Gasteiger charge is -2.11. The highest BCUT2D eigenvalue weighted by Gasteiger charge is 2.17. The number of carbonyl (C=O) groups is 2. The Bertz CT molecular complexity index is 458. The SMILES string of the molecule is CCOC(=O)c1ccc(C(Cl)C(C)=O)cc1CCl. The predicted molar refractivity (Wildman–Crippen MR) is 71.2 cm³/mol. The zero-order chi connectivity index (χ0) is 13.7. The standard InChI is InChI=1S/C13H14Cl2O3/c1-3-18-13(17)11-5-4-9(6-10(11)7-14)12(15)8(2)16/h4-6,12H,3,7H2,1-2H3. The molecule has 0 N–H and O–H groups in total. The zero-order valence-corrected chi connectivity index (χ0v) is 11.7. The van der Waals surface area contributed by atoms with Crippen LogP contribution in [0.2, 0.25) is 0 Å². The van der Waals surface area contributed by atoms with Crippen molar-refractivity contribution in [2.45, 2.75) is 25.1 Å². The number of rotatable bonds is 5. The van der Waals surface area contributed by atoms with Gasteiger partial charge >= 0.3 is 5.97 Å². The third-order valence-electron chi connectivity index (χ3n) is 2.42. The second kappa shape index (κ2) is 6.76. The number of ether oxygens (including phenoxy) is 1. The topological polar surface area (TPSA) is 43.4 Å². The lowest BCUT2D eigenvalue weighted by molar-refractivity contribution is -0.116. The quantitative estimate of drug-likeness (QED) is 0.615. The van der Waals surface area contributed by atoms with Crippen molar-refractivity contribution in [1.82, 2.24) is 0 Å². The van der Waals surface area contributed by atoms with Gasteiger partial charge in [0.2, 0.25) is 0 Å². The Kier molecular flexibility index (Phi) is 5.63. The summed E-state index contributed by atoms with van der Waals surface area (Å²) in [6.45, 7) is 3.45. The van der Waals surface area contributed by atoms with Gasteiger partial charge in [0, 0.05) is 5.88 Å². The molecule has 5 heteroatoms. The van der Waals surface area contributed by atoms with Crippen LogP contribution in [0.5, 0.6) is 0 Å². The molecule has 0 heterocycles. The molecule has 0 fully saturated rings. The minimum Gasteiger partial charge on any atom is -0.462 e. The van der Waals surface area contributed by atoms with Gasteiger partial charge in [-0.3, -0.25) is 4.79 Å². The lowest BCUT2D eigenvalue weighted by Crippen LogP contribution is -2.09. The van der Waals surface area contributed by atoms with E-state index in [2.05, 4.69) is 0 Å². The molecule has 98 valence electrons. The van der Waals surface area contributed by atoms with E-state index in [4.69, 9.17) is 27.9 Å². The number of hydrogen-bond donors (Lipinski definition) is 0. The summed E-state index contributed by atoms with van der Waals surface area (Å²) in [7, 11) is 0. The summed E-state index contributed by atoms with van der Waals surface area (Å²) in [5, 5.41) is -0.719. The minimum atomic E-state index is -0.719. The average molecular weight is 289 g/mol. The van der Waals surface area contributed by atoms with E-state index >= 15 is 0 Å². The first-order valence-corrected chi connectivity index (χ1v) is 6.48. The van der Waals surface area contributed by atoms with Crippen LogP contribution in [0.25, 0.3) is 0 Å². The molecule has 0 aliphatic heterocycles. The van der Waals surface area contributed by atoms with Crippen molar-refractivity contribution in [3.8, 4) is 0 Å². The van der Waals surface area contributed by atoms with Crippen LogP contribution in [0, 0.1) is 0 Å². The molecule has 0 radical (unpaired) electrons. The minimum absolute atomic E-state index is 0.152. The molecular weight excluding hydrogens is 275 g/mol. The number of halogens is 2. The highest BCUT2D eigenvalue weighted by atomic mass is 35.5. The van der Waals surface area contributed by atoms with Crippen molar-refractivity contribution in [2.24, 2.45) is 0 Å². The van der Waals surface area contributed by atoms with E-state index in [1.807, 2.05) is 0 Å². The highest BCUT2D eigenvalue weighted by Crippen LogP contribution is 2.25. The Morgan fingerprint density at radius 2 is 2.06 bits per heavy atom. The zero-order valence-electron chi connectivity index (χ0n) is 10.2. The first-order valence-electron chi connectivity index (χ1n) is 5.51. The molecular formula is C13H14Cl2O3. The first-order chi connectivity index (χ1) is 8.51. The number of alkyl halides is 2. The molecule has 1 unspecified atom stereocenters. The van der Waals surface area contributed by atoms with Crippen molar-refractivity contribution in [3.63, 3.8) is 0 Å². The van der Waals surface area contributed by atoms with Crippen molar-refractivity contribution in [1.29, 1.82) is 0 Å². The van der Waals surface area contributed by atoms with Gasteiger partial charge in [0.05, 0.1) is 12.2 Å². The van der Waals surface area contributed by atoms with E-state index < -0.39 is 11.3 Å². The molecule has 3 nitrogen and oxygen atoms in total. The molecule has 1 aromatic carbocycles. The van der Waals surface area contributed by atoms with Crippen LogP contribution < -0.4 is 0 Å². The maximum absolute atomic E-state index is 11.7. The van der Waals surface area contributed by atoms with Crippen LogP contribution in [0.15, 0.2) is 18.2 Å². The summed E-state index contributed by atoms with van der Waals surface area (Å²) in [5.74, 6) is -0.418. The number of esters is 1. The van der Waals surface area contributed by atoms with Gasteiger partial charge in [0.1, 0.15) is 5.38 Å². The van der Waals surface area contributed by atoms with Gasteiger partial charge in [-0.1, -0.05) is 12.1 Å². The number of hydrogen-bond acceptors (Lipinski definition) is 3. The first kappa shape index (κ1) is 15.0. The van der Waals surface area contributed by atoms with Crippen LogP contribution in [0.3, 0.4) is 0 Å². The summed E-state index contributed by atoms with van der Waals surface area (Å²) >= 11 is 11.8. The normalized spacial score (nSPS) is 12.0. The second-order valence-electron chi connectivity index (χ2n) is 3.74. The molecule has 1 atom stereocenters. The molecule has 0 aromatic heterocycles. The molecule has 1 aromatic rings. The summed E-state index contributed by atoms with van der Waals surface area (Å²) < 4.78 is 4.92. The summed E-state index contributed by atoms with van der Waals surface area (Å²) in [6, 6.07) is 4.89. The largest absolute Gasteiger partial charge is 0.462 e. The van der Waals surface area contributed by atoms with Gasteiger partial charge in [-0.15, -0.1) is 23.2 Å². The molecule has 0 aliphatic rings. The predicted octanol–water partition coefficient (Wildman–Crippen LogP) is 3.47. The fourth-order valence-corrected chi connectivity index (χ4v) is 1.88. The molecule has 0 saturated carbocycles. The highest BCUT2D eigenvalue weighted by molar-refractivity contribution is 6.30. The van der Waals surface area contributed by atoms with Gasteiger partial charge < -0.3 is 4.74 Å². The van der Waals surface area contributed by atoms with Crippen LogP contribution in [-0.4, -0.2) is 18.4 Å².